The van der Waals surface area contributed by atoms with Crippen LogP contribution in [0.5, 0.6) is 0 Å². The average molecular weight is 344 g/mol. The Kier molecular flexibility index (Phi) is 4.95. The SMILES string of the molecule is COC(=O)c1occc1COC(=O)c1cc(Cl)cc(Cl)c1N. The largest absolute Gasteiger partial charge is 0.463 e. The molecule has 1 aromatic heterocycles. The number of carbonyl (C=O) groups excluding carboxylic acids is 2. The van der Waals surface area contributed by atoms with E-state index in [1.54, 1.807) is 0 Å². The summed E-state index contributed by atoms with van der Waals surface area (Å²) in [5.41, 5.74) is 6.19. The summed E-state index contributed by atoms with van der Waals surface area (Å²) in [6.45, 7) is -0.191. The van der Waals surface area contributed by atoms with E-state index in [9.17, 15) is 9.59 Å². The highest BCUT2D eigenvalue weighted by Crippen LogP contribution is 2.28. The van der Waals surface area contributed by atoms with Crippen molar-refractivity contribution >= 4 is 40.8 Å². The molecule has 0 aliphatic rings. The summed E-state index contributed by atoms with van der Waals surface area (Å²) >= 11 is 11.7. The Bertz CT molecular complexity index is 726. The maximum absolute atomic E-state index is 12.0. The lowest BCUT2D eigenvalue weighted by Crippen LogP contribution is -2.10. The highest BCUT2D eigenvalue weighted by Gasteiger charge is 2.19. The quantitative estimate of drug-likeness (QED) is 0.676. The molecule has 0 aliphatic carbocycles. The van der Waals surface area contributed by atoms with Crippen LogP contribution >= 0.6 is 23.2 Å². The van der Waals surface area contributed by atoms with Gasteiger partial charge in [0.2, 0.25) is 5.76 Å². The normalized spacial score (nSPS) is 10.3. The molecule has 0 unspecified atom stereocenters. The van der Waals surface area contributed by atoms with Gasteiger partial charge in [0, 0.05) is 10.6 Å². The van der Waals surface area contributed by atoms with Crippen molar-refractivity contribution in [2.24, 2.45) is 0 Å². The summed E-state index contributed by atoms with van der Waals surface area (Å²) in [4.78, 5) is 23.5. The highest BCUT2D eigenvalue weighted by molar-refractivity contribution is 6.37. The Morgan fingerprint density at radius 3 is 2.68 bits per heavy atom. The van der Waals surface area contributed by atoms with Crippen molar-refractivity contribution < 1.29 is 23.5 Å². The van der Waals surface area contributed by atoms with E-state index in [1.807, 2.05) is 0 Å². The lowest BCUT2D eigenvalue weighted by atomic mass is 10.2. The Morgan fingerprint density at radius 1 is 1.27 bits per heavy atom. The number of halogens is 2. The van der Waals surface area contributed by atoms with E-state index in [2.05, 4.69) is 4.74 Å². The van der Waals surface area contributed by atoms with Crippen molar-refractivity contribution in [1.29, 1.82) is 0 Å². The van der Waals surface area contributed by atoms with E-state index in [0.717, 1.165) is 0 Å². The first-order valence-electron chi connectivity index (χ1n) is 6.00. The van der Waals surface area contributed by atoms with Crippen molar-refractivity contribution in [2.75, 3.05) is 12.8 Å². The molecule has 0 saturated heterocycles. The van der Waals surface area contributed by atoms with Crippen molar-refractivity contribution in [3.63, 3.8) is 0 Å². The minimum atomic E-state index is -0.723. The van der Waals surface area contributed by atoms with Gasteiger partial charge in [0.1, 0.15) is 6.61 Å². The first-order chi connectivity index (χ1) is 10.4. The number of rotatable bonds is 4. The van der Waals surface area contributed by atoms with Crippen LogP contribution in [0.25, 0.3) is 0 Å². The van der Waals surface area contributed by atoms with Gasteiger partial charge in [-0.1, -0.05) is 23.2 Å². The summed E-state index contributed by atoms with van der Waals surface area (Å²) in [6, 6.07) is 4.26. The number of nitrogens with two attached hydrogens (primary N) is 1. The molecule has 0 bridgehead atoms. The van der Waals surface area contributed by atoms with Crippen LogP contribution in [0.2, 0.25) is 10.0 Å². The van der Waals surface area contributed by atoms with Crippen molar-refractivity contribution in [3.8, 4) is 0 Å². The zero-order valence-electron chi connectivity index (χ0n) is 11.4. The van der Waals surface area contributed by atoms with Gasteiger partial charge in [-0.2, -0.15) is 0 Å². The predicted octanol–water partition coefficient (Wildman–Crippen LogP) is 3.31. The zero-order chi connectivity index (χ0) is 16.3. The summed E-state index contributed by atoms with van der Waals surface area (Å²) in [5.74, 6) is -1.42. The average Bonchev–Trinajstić information content (AvgIpc) is 2.96. The molecule has 116 valence electrons. The zero-order valence-corrected chi connectivity index (χ0v) is 12.9. The lowest BCUT2D eigenvalue weighted by Gasteiger charge is -2.08. The van der Waals surface area contributed by atoms with Gasteiger partial charge in [-0.3, -0.25) is 0 Å². The summed E-state index contributed by atoms with van der Waals surface area (Å²) in [5, 5.41) is 0.405. The Morgan fingerprint density at radius 2 is 2.00 bits per heavy atom. The van der Waals surface area contributed by atoms with Gasteiger partial charge in [-0.15, -0.1) is 0 Å². The van der Waals surface area contributed by atoms with Crippen LogP contribution in [0.15, 0.2) is 28.9 Å². The molecule has 0 atom stereocenters. The molecule has 0 spiro atoms. The molecule has 22 heavy (non-hydrogen) atoms. The van der Waals surface area contributed by atoms with Crippen LogP contribution in [0, 0.1) is 0 Å². The van der Waals surface area contributed by atoms with Gasteiger partial charge in [-0.05, 0) is 18.2 Å². The first kappa shape index (κ1) is 16.2. The van der Waals surface area contributed by atoms with E-state index < -0.39 is 11.9 Å². The smallest absolute Gasteiger partial charge is 0.374 e. The minimum absolute atomic E-state index is 0.0348. The summed E-state index contributed by atoms with van der Waals surface area (Å²) in [7, 11) is 1.22. The number of methoxy groups -OCH3 is 1. The molecular weight excluding hydrogens is 333 g/mol. The highest BCUT2D eigenvalue weighted by atomic mass is 35.5. The van der Waals surface area contributed by atoms with Crippen LogP contribution in [0.3, 0.4) is 0 Å². The third-order valence-corrected chi connectivity index (χ3v) is 3.32. The van der Waals surface area contributed by atoms with Gasteiger partial charge in [0.15, 0.2) is 0 Å². The van der Waals surface area contributed by atoms with E-state index in [-0.39, 0.29) is 33.7 Å². The second-order valence-corrected chi connectivity index (χ2v) is 5.04. The van der Waals surface area contributed by atoms with Crippen molar-refractivity contribution in [3.05, 3.63) is 51.4 Å². The van der Waals surface area contributed by atoms with Gasteiger partial charge < -0.3 is 19.6 Å². The molecule has 1 aromatic carbocycles. The number of furan rings is 1. The second-order valence-electron chi connectivity index (χ2n) is 4.19. The molecule has 0 saturated carbocycles. The Labute approximate surface area is 135 Å². The molecule has 8 heteroatoms. The molecule has 0 aliphatic heterocycles. The molecule has 2 rings (SSSR count). The molecule has 0 fully saturated rings. The van der Waals surface area contributed by atoms with E-state index in [4.69, 9.17) is 38.1 Å². The monoisotopic (exact) mass is 343 g/mol. The molecular formula is C14H11Cl2NO5. The molecule has 2 N–H and O–H groups in total. The Balaban J connectivity index is 2.14. The number of ether oxygens (including phenoxy) is 2. The predicted molar refractivity (Wildman–Crippen MR) is 80.0 cm³/mol. The van der Waals surface area contributed by atoms with Crippen LogP contribution in [0.1, 0.15) is 26.5 Å². The summed E-state index contributed by atoms with van der Waals surface area (Å²) < 4.78 is 14.6. The fourth-order valence-corrected chi connectivity index (χ4v) is 2.19. The fourth-order valence-electron chi connectivity index (χ4n) is 1.70. The van der Waals surface area contributed by atoms with Crippen LogP contribution in [0.4, 0.5) is 5.69 Å². The third kappa shape index (κ3) is 3.35. The number of benzene rings is 1. The molecule has 1 heterocycles. The van der Waals surface area contributed by atoms with Crippen molar-refractivity contribution in [1.82, 2.24) is 0 Å². The lowest BCUT2D eigenvalue weighted by molar-refractivity contribution is 0.0454. The van der Waals surface area contributed by atoms with Crippen LogP contribution < -0.4 is 5.73 Å². The molecule has 6 nitrogen and oxygen atoms in total. The minimum Gasteiger partial charge on any atom is -0.463 e. The van der Waals surface area contributed by atoms with Gasteiger partial charge in [0.25, 0.3) is 0 Å². The maximum Gasteiger partial charge on any atom is 0.374 e. The third-order valence-electron chi connectivity index (χ3n) is 2.79. The molecule has 2 aromatic rings. The maximum atomic E-state index is 12.0. The number of hydrogen-bond acceptors (Lipinski definition) is 6. The summed E-state index contributed by atoms with van der Waals surface area (Å²) in [6.07, 6.45) is 1.29. The fraction of sp³-hybridized carbons (Fsp3) is 0.143. The number of nitrogen functional groups attached to an aromatic ring is 1. The number of anilines is 1. The van der Waals surface area contributed by atoms with Gasteiger partial charge in [0.05, 0.1) is 29.6 Å². The topological polar surface area (TPSA) is 91.8 Å². The molecule has 0 amide bonds. The standard InChI is InChI=1S/C14H11Cl2NO5/c1-20-14(19)12-7(2-3-21-12)6-22-13(18)9-4-8(15)5-10(16)11(9)17/h2-5H,6,17H2,1H3. The molecule has 0 radical (unpaired) electrons. The number of esters is 2. The first-order valence-corrected chi connectivity index (χ1v) is 6.76. The van der Waals surface area contributed by atoms with Crippen LogP contribution in [-0.2, 0) is 16.1 Å². The van der Waals surface area contributed by atoms with E-state index in [1.165, 1.54) is 31.6 Å². The number of carbonyl (C=O) groups is 2. The van der Waals surface area contributed by atoms with Gasteiger partial charge >= 0.3 is 11.9 Å². The second kappa shape index (κ2) is 6.72. The Hall–Kier alpha value is -2.18. The van der Waals surface area contributed by atoms with Crippen LogP contribution in [-0.4, -0.2) is 19.0 Å². The van der Waals surface area contributed by atoms with Crippen molar-refractivity contribution in [2.45, 2.75) is 6.61 Å². The van der Waals surface area contributed by atoms with E-state index in [0.29, 0.717) is 5.56 Å². The van der Waals surface area contributed by atoms with E-state index >= 15 is 0 Å². The van der Waals surface area contributed by atoms with Gasteiger partial charge in [-0.25, -0.2) is 9.59 Å². The number of hydrogen-bond donors (Lipinski definition) is 1.